The summed E-state index contributed by atoms with van der Waals surface area (Å²) in [6, 6.07) is 8.34. The zero-order valence-electron chi connectivity index (χ0n) is 11.8. The van der Waals surface area contributed by atoms with Crippen molar-refractivity contribution in [3.63, 3.8) is 0 Å². The van der Waals surface area contributed by atoms with Crippen LogP contribution in [0.1, 0.15) is 51.2 Å². The summed E-state index contributed by atoms with van der Waals surface area (Å²) in [5, 5.41) is 0. The minimum Gasteiger partial charge on any atom is -0.493 e. The summed E-state index contributed by atoms with van der Waals surface area (Å²) < 4.78 is 11.5. The second kappa shape index (κ2) is 7.48. The molecule has 0 N–H and O–H groups in total. The summed E-state index contributed by atoms with van der Waals surface area (Å²) in [6.45, 7) is 5.21. The van der Waals surface area contributed by atoms with Crippen LogP contribution in [-0.4, -0.2) is 6.61 Å². The number of hydrogen-bond acceptors (Lipinski definition) is 2. The van der Waals surface area contributed by atoms with Crippen LogP contribution in [0.4, 0.5) is 0 Å². The van der Waals surface area contributed by atoms with Crippen LogP contribution in [0.2, 0.25) is 0 Å². The molecule has 1 atom stereocenters. The first kappa shape index (κ1) is 15.1. The molecule has 0 radical (unpaired) electrons. The van der Waals surface area contributed by atoms with Crippen molar-refractivity contribution in [2.24, 2.45) is 11.8 Å². The Kier molecular flexibility index (Phi) is 5.95. The number of halogens is 1. The van der Waals surface area contributed by atoms with Crippen molar-refractivity contribution in [2.45, 2.75) is 45.6 Å². The van der Waals surface area contributed by atoms with Gasteiger partial charge in [0.25, 0.3) is 0 Å². The molecule has 1 aliphatic rings. The smallest absolute Gasteiger partial charge is 0.119 e. The van der Waals surface area contributed by atoms with Gasteiger partial charge in [-0.2, -0.15) is 0 Å². The van der Waals surface area contributed by atoms with Gasteiger partial charge < -0.3 is 7.80 Å². The van der Waals surface area contributed by atoms with E-state index in [9.17, 15) is 0 Å². The van der Waals surface area contributed by atoms with Gasteiger partial charge in [-0.1, -0.05) is 38.8 Å². The lowest BCUT2D eigenvalue weighted by molar-refractivity contribution is 0.218. The monoisotopic (exact) mass is 374 g/mol. The van der Waals surface area contributed by atoms with Crippen LogP contribution >= 0.6 is 23.0 Å². The van der Waals surface area contributed by atoms with Gasteiger partial charge in [-0.25, -0.2) is 0 Å². The number of ether oxygens (including phenoxy) is 1. The van der Waals surface area contributed by atoms with E-state index in [1.165, 1.54) is 31.2 Å². The largest absolute Gasteiger partial charge is 0.493 e. The van der Waals surface area contributed by atoms with Crippen LogP contribution in [0.25, 0.3) is 0 Å². The first-order valence-corrected chi connectivity index (χ1v) is 8.09. The molecule has 0 bridgehead atoms. The first-order chi connectivity index (χ1) is 9.20. The highest BCUT2D eigenvalue weighted by Crippen LogP contribution is 2.31. The van der Waals surface area contributed by atoms with Crippen LogP contribution in [0, 0.1) is 11.8 Å². The Morgan fingerprint density at radius 2 is 2.00 bits per heavy atom. The third-order valence-corrected chi connectivity index (χ3v) is 4.40. The molecule has 19 heavy (non-hydrogen) atoms. The average Bonchev–Trinajstić information content (AvgIpc) is 2.90. The molecule has 0 aliphatic heterocycles. The Labute approximate surface area is 130 Å². The van der Waals surface area contributed by atoms with Gasteiger partial charge in [0.2, 0.25) is 0 Å². The normalized spacial score (nSPS) is 17.9. The highest BCUT2D eigenvalue weighted by atomic mass is 127. The molecule has 0 heterocycles. The third-order valence-electron chi connectivity index (χ3n) is 3.85. The van der Waals surface area contributed by atoms with Gasteiger partial charge in [0, 0.05) is 0 Å². The molecule has 1 fully saturated rings. The summed E-state index contributed by atoms with van der Waals surface area (Å²) in [5.74, 6) is 2.19. The third kappa shape index (κ3) is 4.35. The fourth-order valence-electron chi connectivity index (χ4n) is 2.71. The zero-order chi connectivity index (χ0) is 13.7. The van der Waals surface area contributed by atoms with Crippen molar-refractivity contribution < 1.29 is 7.80 Å². The fourth-order valence-corrected chi connectivity index (χ4v) is 3.59. The Hall–Kier alpha value is -0.290. The maximum absolute atomic E-state index is 5.95. The van der Waals surface area contributed by atoms with Gasteiger partial charge >= 0.3 is 0 Å². The SMILES string of the molecule is CC(C)[C@@H](OI)c1cccc(OCC2CCCC2)c1. The van der Waals surface area contributed by atoms with Crippen LogP contribution in [0.15, 0.2) is 24.3 Å². The van der Waals surface area contributed by atoms with Crippen molar-refractivity contribution in [1.29, 1.82) is 0 Å². The number of hydrogen-bond donors (Lipinski definition) is 0. The molecule has 1 aromatic carbocycles. The molecule has 106 valence electrons. The lowest BCUT2D eigenvalue weighted by Gasteiger charge is -2.19. The predicted molar refractivity (Wildman–Crippen MR) is 86.6 cm³/mol. The molecule has 2 nitrogen and oxygen atoms in total. The van der Waals surface area contributed by atoms with Crippen LogP contribution in [-0.2, 0) is 3.07 Å². The van der Waals surface area contributed by atoms with Crippen molar-refractivity contribution in [2.75, 3.05) is 6.61 Å². The van der Waals surface area contributed by atoms with Crippen molar-refractivity contribution in [3.05, 3.63) is 29.8 Å². The summed E-state index contributed by atoms with van der Waals surface area (Å²) >= 11 is 1.99. The Morgan fingerprint density at radius 3 is 2.63 bits per heavy atom. The standard InChI is InChI=1S/C16H23IO2/c1-12(2)16(19-17)14-8-5-9-15(10-14)18-11-13-6-3-4-7-13/h5,8-10,12-13,16H,3-4,6-7,11H2,1-2H3/t16-/m1/s1. The molecule has 1 aromatic rings. The molecule has 0 saturated heterocycles. The first-order valence-electron chi connectivity index (χ1n) is 7.21. The van der Waals surface area contributed by atoms with Gasteiger partial charge in [0.05, 0.1) is 12.7 Å². The van der Waals surface area contributed by atoms with Gasteiger partial charge in [-0.3, -0.25) is 0 Å². The van der Waals surface area contributed by atoms with Crippen LogP contribution in [0.5, 0.6) is 5.75 Å². The molecule has 1 saturated carbocycles. The van der Waals surface area contributed by atoms with Gasteiger partial charge in [-0.05, 0) is 42.4 Å². The van der Waals surface area contributed by atoms with Crippen LogP contribution in [0.3, 0.4) is 0 Å². The summed E-state index contributed by atoms with van der Waals surface area (Å²) in [4.78, 5) is 0. The molecule has 0 spiro atoms. The van der Waals surface area contributed by atoms with E-state index in [4.69, 9.17) is 7.80 Å². The number of rotatable bonds is 6. The lowest BCUT2D eigenvalue weighted by Crippen LogP contribution is -2.09. The Bertz CT molecular complexity index is 386. The summed E-state index contributed by atoms with van der Waals surface area (Å²) in [6.07, 6.45) is 5.52. The second-order valence-electron chi connectivity index (χ2n) is 5.79. The molecule has 0 unspecified atom stereocenters. The molecule has 0 amide bonds. The van der Waals surface area contributed by atoms with Gasteiger partial charge in [0.15, 0.2) is 0 Å². The summed E-state index contributed by atoms with van der Waals surface area (Å²) in [5.41, 5.74) is 1.20. The lowest BCUT2D eigenvalue weighted by atomic mass is 9.99. The van der Waals surface area contributed by atoms with Crippen molar-refractivity contribution >= 4 is 23.0 Å². The Balaban J connectivity index is 1.97. The molecular formula is C16H23IO2. The highest BCUT2D eigenvalue weighted by molar-refractivity contribution is 14.1. The van der Waals surface area contributed by atoms with E-state index < -0.39 is 0 Å². The second-order valence-corrected chi connectivity index (χ2v) is 6.30. The van der Waals surface area contributed by atoms with Crippen molar-refractivity contribution in [3.8, 4) is 5.75 Å². The quantitative estimate of drug-likeness (QED) is 0.628. The minimum absolute atomic E-state index is 0.135. The Morgan fingerprint density at radius 1 is 1.26 bits per heavy atom. The number of benzene rings is 1. The summed E-state index contributed by atoms with van der Waals surface area (Å²) in [7, 11) is 0. The van der Waals surface area contributed by atoms with Gasteiger partial charge in [-0.15, -0.1) is 0 Å². The molecule has 1 aliphatic carbocycles. The van der Waals surface area contributed by atoms with Crippen molar-refractivity contribution in [1.82, 2.24) is 0 Å². The zero-order valence-corrected chi connectivity index (χ0v) is 13.9. The van der Waals surface area contributed by atoms with E-state index in [2.05, 4.69) is 32.0 Å². The molecule has 0 aromatic heterocycles. The van der Waals surface area contributed by atoms with E-state index in [0.717, 1.165) is 18.3 Å². The molecule has 2 rings (SSSR count). The molecule has 3 heteroatoms. The minimum atomic E-state index is 0.135. The maximum Gasteiger partial charge on any atom is 0.119 e. The maximum atomic E-state index is 5.95. The van der Waals surface area contributed by atoms with E-state index in [-0.39, 0.29) is 6.10 Å². The fraction of sp³-hybridized carbons (Fsp3) is 0.625. The average molecular weight is 374 g/mol. The van der Waals surface area contributed by atoms with E-state index in [1.54, 1.807) is 0 Å². The molecular weight excluding hydrogens is 351 g/mol. The predicted octanol–water partition coefficient (Wildman–Crippen LogP) is 5.32. The van der Waals surface area contributed by atoms with E-state index >= 15 is 0 Å². The van der Waals surface area contributed by atoms with E-state index in [0.29, 0.717) is 5.92 Å². The highest BCUT2D eigenvalue weighted by Gasteiger charge is 2.18. The van der Waals surface area contributed by atoms with Gasteiger partial charge in [0.1, 0.15) is 28.8 Å². The van der Waals surface area contributed by atoms with Crippen LogP contribution < -0.4 is 4.74 Å². The topological polar surface area (TPSA) is 18.5 Å². The van der Waals surface area contributed by atoms with E-state index in [1.807, 2.05) is 29.1 Å².